The van der Waals surface area contributed by atoms with Crippen LogP contribution in [0.25, 0.3) is 0 Å². The highest BCUT2D eigenvalue weighted by Gasteiger charge is 2.34. The first-order chi connectivity index (χ1) is 8.31. The highest BCUT2D eigenvalue weighted by atomic mass is 15.0. The first-order valence-electron chi connectivity index (χ1n) is 7.15. The van der Waals surface area contributed by atoms with E-state index < -0.39 is 0 Å². The van der Waals surface area contributed by atoms with E-state index in [1.165, 1.54) is 44.1 Å². The van der Waals surface area contributed by atoms with Gasteiger partial charge in [-0.25, -0.2) is 0 Å². The molecule has 0 radical (unpaired) electrons. The zero-order chi connectivity index (χ0) is 11.7. The minimum Gasteiger partial charge on any atom is -0.307 e. The van der Waals surface area contributed by atoms with E-state index in [1.807, 2.05) is 0 Å². The fourth-order valence-electron chi connectivity index (χ4n) is 2.87. The highest BCUT2D eigenvalue weighted by molar-refractivity contribution is 5.28. The van der Waals surface area contributed by atoms with Crippen molar-refractivity contribution < 1.29 is 0 Å². The molecule has 2 saturated carbocycles. The molecule has 92 valence electrons. The van der Waals surface area contributed by atoms with Gasteiger partial charge in [0, 0.05) is 12.1 Å². The number of rotatable bonds is 5. The maximum atomic E-state index is 3.76. The van der Waals surface area contributed by atoms with E-state index in [1.54, 1.807) is 5.56 Å². The second-order valence-electron chi connectivity index (χ2n) is 5.86. The van der Waals surface area contributed by atoms with Crippen LogP contribution in [0.1, 0.15) is 62.5 Å². The van der Waals surface area contributed by atoms with Gasteiger partial charge in [-0.05, 0) is 55.6 Å². The molecule has 0 heterocycles. The minimum atomic E-state index is 0.467. The third kappa shape index (κ3) is 2.40. The van der Waals surface area contributed by atoms with Crippen LogP contribution in [0.3, 0.4) is 0 Å². The first kappa shape index (κ1) is 11.3. The van der Waals surface area contributed by atoms with Crippen molar-refractivity contribution in [2.24, 2.45) is 0 Å². The molecule has 3 rings (SSSR count). The molecule has 1 nitrogen and oxygen atoms in total. The SMILES string of the molecule is CCC1(NCc2ccc(C3CC3)cc2)CCC1. The molecule has 0 amide bonds. The molecule has 1 heteroatoms. The number of hydrogen-bond acceptors (Lipinski definition) is 1. The third-order valence-corrected chi connectivity index (χ3v) is 4.68. The van der Waals surface area contributed by atoms with E-state index >= 15 is 0 Å². The van der Waals surface area contributed by atoms with Crippen molar-refractivity contribution in [1.29, 1.82) is 0 Å². The Labute approximate surface area is 105 Å². The smallest absolute Gasteiger partial charge is 0.0210 e. The quantitative estimate of drug-likeness (QED) is 0.805. The van der Waals surface area contributed by atoms with Crippen LogP contribution in [-0.4, -0.2) is 5.54 Å². The number of benzene rings is 1. The van der Waals surface area contributed by atoms with Gasteiger partial charge in [-0.3, -0.25) is 0 Å². The summed E-state index contributed by atoms with van der Waals surface area (Å²) < 4.78 is 0. The van der Waals surface area contributed by atoms with Crippen LogP contribution in [0, 0.1) is 0 Å². The molecule has 2 aliphatic rings. The molecular formula is C16H23N. The van der Waals surface area contributed by atoms with Crippen LogP contribution >= 0.6 is 0 Å². The van der Waals surface area contributed by atoms with Crippen LogP contribution in [0.4, 0.5) is 0 Å². The summed E-state index contributed by atoms with van der Waals surface area (Å²) >= 11 is 0. The van der Waals surface area contributed by atoms with Crippen molar-refractivity contribution in [2.75, 3.05) is 0 Å². The lowest BCUT2D eigenvalue weighted by molar-refractivity contribution is 0.175. The van der Waals surface area contributed by atoms with Gasteiger partial charge in [-0.15, -0.1) is 0 Å². The Bertz CT molecular complexity index is 366. The maximum absolute atomic E-state index is 3.76. The van der Waals surface area contributed by atoms with Crippen LogP contribution in [0.15, 0.2) is 24.3 Å². The van der Waals surface area contributed by atoms with Gasteiger partial charge in [-0.2, -0.15) is 0 Å². The van der Waals surface area contributed by atoms with E-state index in [-0.39, 0.29) is 0 Å². The summed E-state index contributed by atoms with van der Waals surface area (Å²) in [6.07, 6.45) is 8.20. The predicted octanol–water partition coefficient (Wildman–Crippen LogP) is 3.99. The lowest BCUT2D eigenvalue weighted by Gasteiger charge is -2.42. The maximum Gasteiger partial charge on any atom is 0.0210 e. The normalized spacial score (nSPS) is 22.2. The lowest BCUT2D eigenvalue weighted by atomic mass is 9.75. The lowest BCUT2D eigenvalue weighted by Crippen LogP contribution is -2.49. The van der Waals surface area contributed by atoms with Crippen LogP contribution < -0.4 is 5.32 Å². The Morgan fingerprint density at radius 1 is 1.18 bits per heavy atom. The largest absolute Gasteiger partial charge is 0.307 e. The topological polar surface area (TPSA) is 12.0 Å². The molecule has 0 bridgehead atoms. The van der Waals surface area contributed by atoms with Crippen LogP contribution in [0.5, 0.6) is 0 Å². The van der Waals surface area contributed by atoms with Crippen molar-refractivity contribution in [1.82, 2.24) is 5.32 Å². The molecule has 0 aromatic heterocycles. The van der Waals surface area contributed by atoms with Crippen molar-refractivity contribution in [3.63, 3.8) is 0 Å². The first-order valence-corrected chi connectivity index (χ1v) is 7.15. The van der Waals surface area contributed by atoms with Crippen LogP contribution in [-0.2, 0) is 6.54 Å². The predicted molar refractivity (Wildman–Crippen MR) is 72.1 cm³/mol. The summed E-state index contributed by atoms with van der Waals surface area (Å²) in [5.74, 6) is 0.880. The molecule has 1 aromatic rings. The Kier molecular flexibility index (Phi) is 2.96. The van der Waals surface area contributed by atoms with Crippen LogP contribution in [0.2, 0.25) is 0 Å². The third-order valence-electron chi connectivity index (χ3n) is 4.68. The number of hydrogen-bond donors (Lipinski definition) is 1. The van der Waals surface area contributed by atoms with E-state index in [9.17, 15) is 0 Å². The minimum absolute atomic E-state index is 0.467. The fourth-order valence-corrected chi connectivity index (χ4v) is 2.87. The van der Waals surface area contributed by atoms with Crippen molar-refractivity contribution >= 4 is 0 Å². The molecule has 2 fully saturated rings. The standard InChI is InChI=1S/C16H23N/c1-2-16(10-3-11-16)17-12-13-4-6-14(7-5-13)15-8-9-15/h4-7,15,17H,2-3,8-12H2,1H3. The van der Waals surface area contributed by atoms with Gasteiger partial charge in [0.25, 0.3) is 0 Å². The van der Waals surface area contributed by atoms with Gasteiger partial charge in [0.2, 0.25) is 0 Å². The molecule has 1 aromatic carbocycles. The van der Waals surface area contributed by atoms with Gasteiger partial charge in [0.05, 0.1) is 0 Å². The summed E-state index contributed by atoms with van der Waals surface area (Å²) in [5, 5.41) is 3.76. The van der Waals surface area contributed by atoms with Gasteiger partial charge in [0.15, 0.2) is 0 Å². The number of nitrogens with one attached hydrogen (secondary N) is 1. The van der Waals surface area contributed by atoms with Gasteiger partial charge in [-0.1, -0.05) is 31.2 Å². The Morgan fingerprint density at radius 3 is 2.35 bits per heavy atom. The second kappa shape index (κ2) is 4.45. The summed E-state index contributed by atoms with van der Waals surface area (Å²) in [4.78, 5) is 0. The molecule has 0 saturated heterocycles. The van der Waals surface area contributed by atoms with E-state index in [4.69, 9.17) is 0 Å². The second-order valence-corrected chi connectivity index (χ2v) is 5.86. The van der Waals surface area contributed by atoms with E-state index in [2.05, 4.69) is 36.5 Å². The molecular weight excluding hydrogens is 206 g/mol. The van der Waals surface area contributed by atoms with Crippen molar-refractivity contribution in [2.45, 2.75) is 63.5 Å². The molecule has 1 N–H and O–H groups in total. The Morgan fingerprint density at radius 2 is 1.88 bits per heavy atom. The van der Waals surface area contributed by atoms with Gasteiger partial charge < -0.3 is 5.32 Å². The summed E-state index contributed by atoms with van der Waals surface area (Å²) in [6, 6.07) is 9.27. The van der Waals surface area contributed by atoms with E-state index in [0.717, 1.165) is 12.5 Å². The van der Waals surface area contributed by atoms with Crippen molar-refractivity contribution in [3.05, 3.63) is 35.4 Å². The van der Waals surface area contributed by atoms with E-state index in [0.29, 0.717) is 5.54 Å². The fraction of sp³-hybridized carbons (Fsp3) is 0.625. The molecule has 17 heavy (non-hydrogen) atoms. The summed E-state index contributed by atoms with van der Waals surface area (Å²) in [5.41, 5.74) is 3.45. The molecule has 0 aliphatic heterocycles. The molecule has 0 atom stereocenters. The molecule has 0 unspecified atom stereocenters. The summed E-state index contributed by atoms with van der Waals surface area (Å²) in [6.45, 7) is 3.35. The van der Waals surface area contributed by atoms with Gasteiger partial charge >= 0.3 is 0 Å². The molecule has 2 aliphatic carbocycles. The Balaban J connectivity index is 1.57. The van der Waals surface area contributed by atoms with Crippen molar-refractivity contribution in [3.8, 4) is 0 Å². The molecule has 0 spiro atoms. The average molecular weight is 229 g/mol. The summed E-state index contributed by atoms with van der Waals surface area (Å²) in [7, 11) is 0. The zero-order valence-electron chi connectivity index (χ0n) is 10.8. The average Bonchev–Trinajstić information content (AvgIpc) is 3.13. The van der Waals surface area contributed by atoms with Gasteiger partial charge in [0.1, 0.15) is 0 Å². The zero-order valence-corrected chi connectivity index (χ0v) is 10.8. The highest BCUT2D eigenvalue weighted by Crippen LogP contribution is 2.40. The Hall–Kier alpha value is -0.820. The monoisotopic (exact) mass is 229 g/mol.